The first-order valence-electron chi connectivity index (χ1n) is 6.38. The monoisotopic (exact) mass is 258 g/mol. The number of nitrogens with one attached hydrogen (secondary N) is 1. The molecule has 0 rings (SSSR count). The number of rotatable bonds is 7. The van der Waals surface area contributed by atoms with Crippen molar-refractivity contribution in [1.82, 2.24) is 10.2 Å². The van der Waals surface area contributed by atoms with Crippen molar-refractivity contribution >= 4 is 12.0 Å². The van der Waals surface area contributed by atoms with Crippen LogP contribution in [0.1, 0.15) is 47.0 Å². The molecule has 0 saturated carbocycles. The SMILES string of the molecule is CC(C)N(C)C(=O)NCCC(C)(C)CCC(=O)O. The zero-order valence-electron chi connectivity index (χ0n) is 12.1. The van der Waals surface area contributed by atoms with Crippen LogP contribution in [0.25, 0.3) is 0 Å². The molecule has 18 heavy (non-hydrogen) atoms. The van der Waals surface area contributed by atoms with E-state index in [2.05, 4.69) is 5.32 Å². The number of amides is 2. The van der Waals surface area contributed by atoms with Crippen LogP contribution in [-0.2, 0) is 4.79 Å². The average Bonchev–Trinajstić information content (AvgIpc) is 2.25. The summed E-state index contributed by atoms with van der Waals surface area (Å²) in [6.45, 7) is 8.53. The first-order chi connectivity index (χ1) is 8.15. The van der Waals surface area contributed by atoms with Crippen LogP contribution in [0, 0.1) is 5.41 Å². The molecule has 0 fully saturated rings. The van der Waals surface area contributed by atoms with Gasteiger partial charge in [0, 0.05) is 26.1 Å². The van der Waals surface area contributed by atoms with Gasteiger partial charge in [-0.3, -0.25) is 4.79 Å². The predicted molar refractivity (Wildman–Crippen MR) is 71.6 cm³/mol. The van der Waals surface area contributed by atoms with Gasteiger partial charge in [-0.1, -0.05) is 13.8 Å². The third-order valence-electron chi connectivity index (χ3n) is 3.19. The normalized spacial score (nSPS) is 11.4. The molecular formula is C13H26N2O3. The van der Waals surface area contributed by atoms with Crippen LogP contribution in [0.4, 0.5) is 4.79 Å². The van der Waals surface area contributed by atoms with E-state index in [1.807, 2.05) is 27.7 Å². The minimum absolute atomic E-state index is 0.0674. The lowest BCUT2D eigenvalue weighted by molar-refractivity contribution is -0.137. The lowest BCUT2D eigenvalue weighted by Gasteiger charge is -2.26. The number of aliphatic carboxylic acids is 1. The number of hydrogen-bond acceptors (Lipinski definition) is 2. The van der Waals surface area contributed by atoms with Gasteiger partial charge in [-0.25, -0.2) is 4.79 Å². The van der Waals surface area contributed by atoms with E-state index in [1.54, 1.807) is 11.9 Å². The van der Waals surface area contributed by atoms with E-state index in [0.29, 0.717) is 13.0 Å². The van der Waals surface area contributed by atoms with Gasteiger partial charge in [0.05, 0.1) is 0 Å². The minimum Gasteiger partial charge on any atom is -0.481 e. The van der Waals surface area contributed by atoms with Gasteiger partial charge in [-0.2, -0.15) is 0 Å². The maximum atomic E-state index is 11.7. The number of carboxylic acids is 1. The molecule has 0 spiro atoms. The Morgan fingerprint density at radius 3 is 2.28 bits per heavy atom. The summed E-state index contributed by atoms with van der Waals surface area (Å²) in [6, 6.07) is 0.0871. The molecule has 0 aromatic rings. The molecule has 0 bridgehead atoms. The summed E-state index contributed by atoms with van der Waals surface area (Å²) in [4.78, 5) is 23.8. The fourth-order valence-corrected chi connectivity index (χ4v) is 1.44. The van der Waals surface area contributed by atoms with Gasteiger partial charge in [0.1, 0.15) is 0 Å². The second kappa shape index (κ2) is 7.24. The van der Waals surface area contributed by atoms with Gasteiger partial charge in [-0.05, 0) is 32.1 Å². The summed E-state index contributed by atoms with van der Waals surface area (Å²) in [5.41, 5.74) is -0.0674. The summed E-state index contributed by atoms with van der Waals surface area (Å²) in [5.74, 6) is -0.772. The molecule has 5 heteroatoms. The Morgan fingerprint density at radius 1 is 1.28 bits per heavy atom. The molecule has 106 valence electrons. The van der Waals surface area contributed by atoms with E-state index >= 15 is 0 Å². The highest BCUT2D eigenvalue weighted by Gasteiger charge is 2.19. The second-order valence-corrected chi connectivity index (χ2v) is 5.74. The maximum absolute atomic E-state index is 11.7. The molecule has 0 aromatic carbocycles. The minimum atomic E-state index is -0.772. The average molecular weight is 258 g/mol. The summed E-state index contributed by atoms with van der Waals surface area (Å²) in [6.07, 6.45) is 1.57. The predicted octanol–water partition coefficient (Wildman–Crippen LogP) is 2.32. The molecule has 0 atom stereocenters. The molecule has 0 unspecified atom stereocenters. The Bertz CT molecular complexity index is 288. The number of nitrogens with zero attached hydrogens (tertiary/aromatic N) is 1. The van der Waals surface area contributed by atoms with Crippen molar-refractivity contribution in [3.8, 4) is 0 Å². The molecule has 5 nitrogen and oxygen atoms in total. The van der Waals surface area contributed by atoms with Crippen LogP contribution in [-0.4, -0.2) is 41.6 Å². The molecule has 0 heterocycles. The summed E-state index contributed by atoms with van der Waals surface area (Å²) in [5, 5.41) is 11.5. The van der Waals surface area contributed by atoms with Crippen LogP contribution in [0.5, 0.6) is 0 Å². The lowest BCUT2D eigenvalue weighted by atomic mass is 9.84. The zero-order chi connectivity index (χ0) is 14.3. The molecule has 2 N–H and O–H groups in total. The number of carbonyl (C=O) groups is 2. The quantitative estimate of drug-likeness (QED) is 0.736. The smallest absolute Gasteiger partial charge is 0.317 e. The van der Waals surface area contributed by atoms with Crippen molar-refractivity contribution in [3.05, 3.63) is 0 Å². The topological polar surface area (TPSA) is 69.6 Å². The second-order valence-electron chi connectivity index (χ2n) is 5.74. The van der Waals surface area contributed by atoms with E-state index in [-0.39, 0.29) is 23.9 Å². The van der Waals surface area contributed by atoms with Crippen molar-refractivity contribution in [2.45, 2.75) is 53.0 Å². The van der Waals surface area contributed by atoms with Crippen LogP contribution in [0.15, 0.2) is 0 Å². The Balaban J connectivity index is 3.95. The lowest BCUT2D eigenvalue weighted by Crippen LogP contribution is -2.42. The first-order valence-corrected chi connectivity index (χ1v) is 6.38. The standard InChI is InChI=1S/C13H26N2O3/c1-10(2)15(5)12(18)14-9-8-13(3,4)7-6-11(16)17/h10H,6-9H2,1-5H3,(H,14,18)(H,16,17). The van der Waals surface area contributed by atoms with Gasteiger partial charge in [-0.15, -0.1) is 0 Å². The van der Waals surface area contributed by atoms with Crippen LogP contribution < -0.4 is 5.32 Å². The number of hydrogen-bond donors (Lipinski definition) is 2. The Hall–Kier alpha value is -1.26. The molecular weight excluding hydrogens is 232 g/mol. The Kier molecular flexibility index (Phi) is 6.73. The summed E-state index contributed by atoms with van der Waals surface area (Å²) >= 11 is 0. The van der Waals surface area contributed by atoms with Gasteiger partial charge in [0.25, 0.3) is 0 Å². The van der Waals surface area contributed by atoms with Crippen LogP contribution >= 0.6 is 0 Å². The highest BCUT2D eigenvalue weighted by Crippen LogP contribution is 2.25. The van der Waals surface area contributed by atoms with Crippen molar-refractivity contribution in [2.24, 2.45) is 5.41 Å². The molecule has 0 saturated heterocycles. The molecule has 0 aliphatic carbocycles. The molecule has 0 aliphatic heterocycles. The zero-order valence-corrected chi connectivity index (χ0v) is 12.1. The molecule has 0 radical (unpaired) electrons. The Morgan fingerprint density at radius 2 is 1.83 bits per heavy atom. The highest BCUT2D eigenvalue weighted by atomic mass is 16.4. The number of carbonyl (C=O) groups excluding carboxylic acids is 1. The third-order valence-corrected chi connectivity index (χ3v) is 3.19. The largest absolute Gasteiger partial charge is 0.481 e. The van der Waals surface area contributed by atoms with Crippen molar-refractivity contribution in [3.63, 3.8) is 0 Å². The van der Waals surface area contributed by atoms with Crippen molar-refractivity contribution < 1.29 is 14.7 Å². The van der Waals surface area contributed by atoms with E-state index in [9.17, 15) is 9.59 Å². The van der Waals surface area contributed by atoms with Gasteiger partial charge in [0.2, 0.25) is 0 Å². The van der Waals surface area contributed by atoms with E-state index in [0.717, 1.165) is 6.42 Å². The summed E-state index contributed by atoms with van der Waals surface area (Å²) in [7, 11) is 1.76. The maximum Gasteiger partial charge on any atom is 0.317 e. The van der Waals surface area contributed by atoms with Crippen LogP contribution in [0.2, 0.25) is 0 Å². The van der Waals surface area contributed by atoms with Crippen LogP contribution in [0.3, 0.4) is 0 Å². The summed E-state index contributed by atoms with van der Waals surface area (Å²) < 4.78 is 0. The molecule has 0 aromatic heterocycles. The molecule has 2 amide bonds. The number of carboxylic acid groups (broad SMARTS) is 1. The Labute approximate surface area is 110 Å². The van der Waals surface area contributed by atoms with Gasteiger partial charge in [0.15, 0.2) is 0 Å². The van der Waals surface area contributed by atoms with E-state index in [4.69, 9.17) is 5.11 Å². The fraction of sp³-hybridized carbons (Fsp3) is 0.846. The van der Waals surface area contributed by atoms with E-state index < -0.39 is 5.97 Å². The van der Waals surface area contributed by atoms with E-state index in [1.165, 1.54) is 0 Å². The van der Waals surface area contributed by atoms with Crippen molar-refractivity contribution in [2.75, 3.05) is 13.6 Å². The van der Waals surface area contributed by atoms with Gasteiger partial charge >= 0.3 is 12.0 Å². The van der Waals surface area contributed by atoms with Crippen molar-refractivity contribution in [1.29, 1.82) is 0 Å². The van der Waals surface area contributed by atoms with Gasteiger partial charge < -0.3 is 15.3 Å². The highest BCUT2D eigenvalue weighted by molar-refractivity contribution is 5.74. The molecule has 0 aliphatic rings. The number of urea groups is 1. The fourth-order valence-electron chi connectivity index (χ4n) is 1.44. The first kappa shape index (κ1) is 16.7. The third kappa shape index (κ3) is 7.14.